The average Bonchev–Trinajstić information content (AvgIpc) is 2.90. The lowest BCUT2D eigenvalue weighted by molar-refractivity contribution is 0.403. The predicted molar refractivity (Wildman–Crippen MR) is 83.7 cm³/mol. The molecule has 21 heavy (non-hydrogen) atoms. The summed E-state index contributed by atoms with van der Waals surface area (Å²) >= 11 is 3.35. The Balaban J connectivity index is 1.88. The zero-order chi connectivity index (χ0) is 15.0. The van der Waals surface area contributed by atoms with Crippen LogP contribution in [0.5, 0.6) is 0 Å². The molecule has 0 aliphatic carbocycles. The summed E-state index contributed by atoms with van der Waals surface area (Å²) in [6.45, 7) is 5.93. The molecule has 0 radical (unpaired) electrons. The maximum absolute atomic E-state index is 13.9. The molecule has 1 aliphatic heterocycles. The quantitative estimate of drug-likeness (QED) is 0.871. The second-order valence-corrected chi connectivity index (χ2v) is 6.40. The van der Waals surface area contributed by atoms with Gasteiger partial charge < -0.3 is 10.2 Å². The summed E-state index contributed by atoms with van der Waals surface area (Å²) in [6.07, 6.45) is 0. The Morgan fingerprint density at radius 3 is 2.71 bits per heavy atom. The van der Waals surface area contributed by atoms with Crippen molar-refractivity contribution in [2.45, 2.75) is 25.9 Å². The number of rotatable bonds is 2. The first kappa shape index (κ1) is 14.5. The Morgan fingerprint density at radius 1 is 1.29 bits per heavy atom. The van der Waals surface area contributed by atoms with Crippen molar-refractivity contribution in [3.8, 4) is 11.4 Å². The third-order valence-electron chi connectivity index (χ3n) is 3.50. The van der Waals surface area contributed by atoms with E-state index in [0.717, 1.165) is 17.6 Å². The zero-order valence-electron chi connectivity index (χ0n) is 11.9. The molecule has 1 aromatic carbocycles. The van der Waals surface area contributed by atoms with Crippen LogP contribution in [0.15, 0.2) is 22.7 Å². The number of nitrogens with zero attached hydrogens (tertiary/aromatic N) is 3. The second-order valence-electron chi connectivity index (χ2n) is 5.48. The lowest BCUT2D eigenvalue weighted by Crippen LogP contribution is -2.54. The molecule has 1 aliphatic rings. The Labute approximate surface area is 131 Å². The van der Waals surface area contributed by atoms with Gasteiger partial charge >= 0.3 is 0 Å². The van der Waals surface area contributed by atoms with Gasteiger partial charge in [-0.25, -0.2) is 4.39 Å². The Hall–Kier alpha value is -1.47. The van der Waals surface area contributed by atoms with Gasteiger partial charge in [-0.2, -0.15) is 4.98 Å². The molecule has 2 heterocycles. The van der Waals surface area contributed by atoms with Gasteiger partial charge in [0.15, 0.2) is 5.82 Å². The fraction of sp³-hybridized carbons (Fsp3) is 0.429. The van der Waals surface area contributed by atoms with Crippen molar-refractivity contribution < 1.29 is 4.39 Å². The molecule has 0 bridgehead atoms. The Kier molecular flexibility index (Phi) is 3.95. The van der Waals surface area contributed by atoms with Crippen LogP contribution in [0.1, 0.15) is 13.8 Å². The molecule has 1 saturated heterocycles. The number of benzene rings is 1. The highest BCUT2D eigenvalue weighted by Gasteiger charge is 2.24. The summed E-state index contributed by atoms with van der Waals surface area (Å²) in [5.41, 5.74) is 0.416. The summed E-state index contributed by atoms with van der Waals surface area (Å²) < 4.78 is 14.7. The van der Waals surface area contributed by atoms with Crippen molar-refractivity contribution in [1.29, 1.82) is 0 Å². The van der Waals surface area contributed by atoms with Crippen LogP contribution in [0.4, 0.5) is 10.3 Å². The lowest BCUT2D eigenvalue weighted by atomic mass is 10.1. The molecule has 0 amide bonds. The molecule has 7 heteroatoms. The van der Waals surface area contributed by atoms with Crippen molar-refractivity contribution in [1.82, 2.24) is 20.5 Å². The smallest absolute Gasteiger partial charge is 0.245 e. The third kappa shape index (κ3) is 3.08. The van der Waals surface area contributed by atoms with E-state index in [4.69, 9.17) is 0 Å². The molecule has 2 unspecified atom stereocenters. The minimum Gasteiger partial charge on any atom is -0.336 e. The Bertz CT molecular complexity index is 634. The van der Waals surface area contributed by atoms with Crippen LogP contribution < -0.4 is 10.2 Å². The maximum Gasteiger partial charge on any atom is 0.245 e. The number of piperazine rings is 1. The van der Waals surface area contributed by atoms with Crippen molar-refractivity contribution >= 4 is 21.9 Å². The molecule has 112 valence electrons. The number of nitrogens with one attached hydrogen (secondary N) is 2. The molecular weight excluding hydrogens is 337 g/mol. The number of hydrogen-bond donors (Lipinski definition) is 2. The van der Waals surface area contributed by atoms with Crippen LogP contribution in [0.3, 0.4) is 0 Å². The zero-order valence-corrected chi connectivity index (χ0v) is 13.5. The SMILES string of the molecule is CC1CN(c2n[nH]c(-c3cc(Br)ccc3F)n2)CC(C)N1. The van der Waals surface area contributed by atoms with Gasteiger partial charge in [0, 0.05) is 29.6 Å². The molecule has 5 nitrogen and oxygen atoms in total. The number of anilines is 1. The predicted octanol–water partition coefficient (Wildman–Crippen LogP) is 2.56. The number of H-pyrrole nitrogens is 1. The van der Waals surface area contributed by atoms with Crippen LogP contribution >= 0.6 is 15.9 Å². The van der Waals surface area contributed by atoms with Gasteiger partial charge in [0.25, 0.3) is 0 Å². The normalized spacial score (nSPS) is 22.6. The molecule has 1 fully saturated rings. The average molecular weight is 354 g/mol. The van der Waals surface area contributed by atoms with Crippen LogP contribution in [-0.4, -0.2) is 40.4 Å². The van der Waals surface area contributed by atoms with Gasteiger partial charge in [-0.3, -0.25) is 5.10 Å². The summed E-state index contributed by atoms with van der Waals surface area (Å²) in [5.74, 6) is 0.746. The van der Waals surface area contributed by atoms with E-state index in [9.17, 15) is 4.39 Å². The molecule has 0 saturated carbocycles. The van der Waals surface area contributed by atoms with Crippen LogP contribution in [-0.2, 0) is 0 Å². The summed E-state index contributed by atoms with van der Waals surface area (Å²) in [6, 6.07) is 5.52. The largest absolute Gasteiger partial charge is 0.336 e. The highest BCUT2D eigenvalue weighted by Crippen LogP contribution is 2.25. The van der Waals surface area contributed by atoms with E-state index >= 15 is 0 Å². The van der Waals surface area contributed by atoms with Crippen molar-refractivity contribution in [3.63, 3.8) is 0 Å². The fourth-order valence-electron chi connectivity index (χ4n) is 2.68. The molecule has 3 rings (SSSR count). The molecule has 0 spiro atoms. The molecule has 1 aromatic heterocycles. The molecule has 2 N–H and O–H groups in total. The van der Waals surface area contributed by atoms with Crippen molar-refractivity contribution in [3.05, 3.63) is 28.5 Å². The fourth-order valence-corrected chi connectivity index (χ4v) is 3.04. The van der Waals surface area contributed by atoms with Gasteiger partial charge in [-0.15, -0.1) is 5.10 Å². The first-order chi connectivity index (χ1) is 10.0. The highest BCUT2D eigenvalue weighted by molar-refractivity contribution is 9.10. The van der Waals surface area contributed by atoms with E-state index in [0.29, 0.717) is 29.4 Å². The van der Waals surface area contributed by atoms with Crippen molar-refractivity contribution in [2.75, 3.05) is 18.0 Å². The standard InChI is InChI=1S/C14H17BrFN5/c1-8-6-21(7-9(2)17-8)14-18-13(19-20-14)11-5-10(15)3-4-12(11)16/h3-5,8-9,17H,6-7H2,1-2H3,(H,18,19,20). The van der Waals surface area contributed by atoms with Gasteiger partial charge in [0.1, 0.15) is 5.82 Å². The van der Waals surface area contributed by atoms with Gasteiger partial charge in [-0.1, -0.05) is 15.9 Å². The van der Waals surface area contributed by atoms with Gasteiger partial charge in [0.05, 0.1) is 5.56 Å². The topological polar surface area (TPSA) is 56.8 Å². The minimum absolute atomic E-state index is 0.317. The van der Waals surface area contributed by atoms with Gasteiger partial charge in [0.2, 0.25) is 5.95 Å². The lowest BCUT2D eigenvalue weighted by Gasteiger charge is -2.35. The maximum atomic E-state index is 13.9. The number of aromatic nitrogens is 3. The third-order valence-corrected chi connectivity index (χ3v) is 3.99. The van der Waals surface area contributed by atoms with E-state index in [1.807, 2.05) is 0 Å². The molecular formula is C14H17BrFN5. The molecule has 2 atom stereocenters. The molecule has 2 aromatic rings. The van der Waals surface area contributed by atoms with E-state index in [1.165, 1.54) is 6.07 Å². The summed E-state index contributed by atoms with van der Waals surface area (Å²) in [5, 5.41) is 10.5. The first-order valence-corrected chi connectivity index (χ1v) is 7.71. The summed E-state index contributed by atoms with van der Waals surface area (Å²) in [4.78, 5) is 6.56. The van der Waals surface area contributed by atoms with E-state index in [1.54, 1.807) is 12.1 Å². The van der Waals surface area contributed by atoms with Crippen LogP contribution in [0.25, 0.3) is 11.4 Å². The van der Waals surface area contributed by atoms with E-state index < -0.39 is 0 Å². The highest BCUT2D eigenvalue weighted by atomic mass is 79.9. The van der Waals surface area contributed by atoms with E-state index in [-0.39, 0.29) is 5.82 Å². The monoisotopic (exact) mass is 353 g/mol. The van der Waals surface area contributed by atoms with Crippen LogP contribution in [0, 0.1) is 5.82 Å². The second kappa shape index (κ2) is 5.73. The number of hydrogen-bond acceptors (Lipinski definition) is 4. The minimum atomic E-state index is -0.317. The summed E-state index contributed by atoms with van der Waals surface area (Å²) in [7, 11) is 0. The van der Waals surface area contributed by atoms with Crippen LogP contribution in [0.2, 0.25) is 0 Å². The number of aromatic amines is 1. The Morgan fingerprint density at radius 2 is 2.00 bits per heavy atom. The van der Waals surface area contributed by atoms with Gasteiger partial charge in [-0.05, 0) is 32.0 Å². The first-order valence-electron chi connectivity index (χ1n) is 6.92. The number of halogens is 2. The van der Waals surface area contributed by atoms with E-state index in [2.05, 4.69) is 55.2 Å². The van der Waals surface area contributed by atoms with Crippen molar-refractivity contribution in [2.24, 2.45) is 0 Å².